The van der Waals surface area contributed by atoms with Gasteiger partial charge in [-0.3, -0.25) is 4.90 Å². The molecule has 1 aromatic carbocycles. The van der Waals surface area contributed by atoms with E-state index >= 15 is 0 Å². The standard InChI is InChI=1S/C15H21ClN2O2S/c1-11-6-7-12(10-13(11)16)21(19,20)17-14-4-2-8-18-9-3-5-15(14)18/h6-7,10,14-15,17H,2-5,8-9H2,1H3/t14-,15-/m0/s1. The number of nitrogens with one attached hydrogen (secondary N) is 1. The van der Waals surface area contributed by atoms with E-state index < -0.39 is 10.0 Å². The Morgan fingerprint density at radius 1 is 1.24 bits per heavy atom. The maximum Gasteiger partial charge on any atom is 0.240 e. The van der Waals surface area contributed by atoms with Gasteiger partial charge in [-0.1, -0.05) is 17.7 Å². The lowest BCUT2D eigenvalue weighted by Crippen LogP contribution is -2.52. The maximum absolute atomic E-state index is 12.6. The molecule has 4 nitrogen and oxygen atoms in total. The number of aryl methyl sites for hydroxylation is 1. The number of hydrogen-bond donors (Lipinski definition) is 1. The molecule has 1 N–H and O–H groups in total. The lowest BCUT2D eigenvalue weighted by molar-refractivity contribution is 0.166. The van der Waals surface area contributed by atoms with E-state index in [-0.39, 0.29) is 10.9 Å². The molecule has 0 aliphatic carbocycles. The molecule has 0 aromatic heterocycles. The largest absolute Gasteiger partial charge is 0.299 e. The first-order valence-corrected chi connectivity index (χ1v) is 9.36. The molecule has 0 spiro atoms. The van der Waals surface area contributed by atoms with Crippen LogP contribution in [0.2, 0.25) is 5.02 Å². The number of halogens is 1. The van der Waals surface area contributed by atoms with Crippen molar-refractivity contribution in [2.24, 2.45) is 0 Å². The first-order valence-electron chi connectivity index (χ1n) is 7.50. The van der Waals surface area contributed by atoms with Gasteiger partial charge in [-0.15, -0.1) is 0 Å². The Kier molecular flexibility index (Phi) is 4.28. The fourth-order valence-electron chi connectivity index (χ4n) is 3.44. The normalized spacial score (nSPS) is 26.8. The Labute approximate surface area is 131 Å². The highest BCUT2D eigenvalue weighted by Gasteiger charge is 2.36. The molecule has 2 aliphatic rings. The summed E-state index contributed by atoms with van der Waals surface area (Å²) in [5.74, 6) is 0. The Balaban J connectivity index is 1.80. The van der Waals surface area contributed by atoms with Gasteiger partial charge in [0.2, 0.25) is 10.0 Å². The third-order valence-electron chi connectivity index (χ3n) is 4.60. The molecular weight excluding hydrogens is 308 g/mol. The quantitative estimate of drug-likeness (QED) is 0.927. The van der Waals surface area contributed by atoms with Crippen LogP contribution in [0.3, 0.4) is 0 Å². The molecule has 3 rings (SSSR count). The zero-order valence-corrected chi connectivity index (χ0v) is 13.8. The average molecular weight is 329 g/mol. The summed E-state index contributed by atoms with van der Waals surface area (Å²) < 4.78 is 28.0. The number of hydrogen-bond acceptors (Lipinski definition) is 3. The molecule has 1 aromatic rings. The Morgan fingerprint density at radius 2 is 1.95 bits per heavy atom. The minimum Gasteiger partial charge on any atom is -0.299 e. The fourth-order valence-corrected chi connectivity index (χ4v) is 5.01. The van der Waals surface area contributed by atoms with Crippen LogP contribution in [-0.2, 0) is 10.0 Å². The number of fused-ring (bicyclic) bond motifs is 1. The smallest absolute Gasteiger partial charge is 0.240 e. The van der Waals surface area contributed by atoms with E-state index in [0.717, 1.165) is 37.9 Å². The van der Waals surface area contributed by atoms with Crippen LogP contribution in [0.5, 0.6) is 0 Å². The predicted octanol–water partition coefficient (Wildman–Crippen LogP) is 2.55. The minimum absolute atomic E-state index is 0.0197. The third-order valence-corrected chi connectivity index (χ3v) is 6.49. The molecule has 116 valence electrons. The van der Waals surface area contributed by atoms with Gasteiger partial charge in [-0.05, 0) is 63.4 Å². The molecule has 0 amide bonds. The molecule has 6 heteroatoms. The van der Waals surface area contributed by atoms with Crippen LogP contribution >= 0.6 is 11.6 Å². The minimum atomic E-state index is -3.50. The summed E-state index contributed by atoms with van der Waals surface area (Å²) in [7, 11) is -3.50. The lowest BCUT2D eigenvalue weighted by Gasteiger charge is -2.36. The van der Waals surface area contributed by atoms with Crippen molar-refractivity contribution in [2.75, 3.05) is 13.1 Å². The number of piperidine rings is 1. The highest BCUT2D eigenvalue weighted by Crippen LogP contribution is 2.28. The second kappa shape index (κ2) is 5.88. The molecule has 2 atom stereocenters. The van der Waals surface area contributed by atoms with Gasteiger partial charge >= 0.3 is 0 Å². The third kappa shape index (κ3) is 3.11. The topological polar surface area (TPSA) is 49.4 Å². The van der Waals surface area contributed by atoms with E-state index in [9.17, 15) is 8.42 Å². The number of sulfonamides is 1. The van der Waals surface area contributed by atoms with Gasteiger partial charge in [0.05, 0.1) is 4.90 Å². The summed E-state index contributed by atoms with van der Waals surface area (Å²) in [5.41, 5.74) is 0.884. The molecular formula is C15H21ClN2O2S. The molecule has 2 heterocycles. The van der Waals surface area contributed by atoms with Crippen LogP contribution in [0.4, 0.5) is 0 Å². The van der Waals surface area contributed by atoms with Gasteiger partial charge in [-0.2, -0.15) is 0 Å². The molecule has 0 radical (unpaired) electrons. The average Bonchev–Trinajstić information content (AvgIpc) is 2.91. The second-order valence-electron chi connectivity index (χ2n) is 6.03. The zero-order valence-electron chi connectivity index (χ0n) is 12.2. The van der Waals surface area contributed by atoms with Crippen LogP contribution in [0, 0.1) is 6.92 Å². The van der Waals surface area contributed by atoms with E-state index in [2.05, 4.69) is 9.62 Å². The van der Waals surface area contributed by atoms with Crippen molar-refractivity contribution in [2.45, 2.75) is 49.6 Å². The van der Waals surface area contributed by atoms with Crippen LogP contribution < -0.4 is 4.72 Å². The molecule has 0 saturated carbocycles. The summed E-state index contributed by atoms with van der Waals surface area (Å²) in [4.78, 5) is 2.67. The lowest BCUT2D eigenvalue weighted by atomic mass is 9.97. The van der Waals surface area contributed by atoms with Crippen LogP contribution in [0.15, 0.2) is 23.1 Å². The Hall–Kier alpha value is -0.620. The van der Waals surface area contributed by atoms with Gasteiger partial charge in [-0.25, -0.2) is 13.1 Å². The van der Waals surface area contributed by atoms with E-state index in [1.165, 1.54) is 12.5 Å². The molecule has 21 heavy (non-hydrogen) atoms. The summed E-state index contributed by atoms with van der Waals surface area (Å²) in [6.07, 6.45) is 4.22. The van der Waals surface area contributed by atoms with Crippen LogP contribution in [-0.4, -0.2) is 38.5 Å². The monoisotopic (exact) mass is 328 g/mol. The Bertz CT molecular complexity index is 633. The number of nitrogens with zero attached hydrogens (tertiary/aromatic N) is 1. The van der Waals surface area contributed by atoms with Crippen molar-refractivity contribution in [3.63, 3.8) is 0 Å². The zero-order chi connectivity index (χ0) is 15.0. The fraction of sp³-hybridized carbons (Fsp3) is 0.600. The molecule has 2 fully saturated rings. The van der Waals surface area contributed by atoms with Gasteiger partial charge in [0.25, 0.3) is 0 Å². The summed E-state index contributed by atoms with van der Waals surface area (Å²) in [5, 5.41) is 0.490. The van der Waals surface area contributed by atoms with Crippen molar-refractivity contribution >= 4 is 21.6 Å². The predicted molar refractivity (Wildman–Crippen MR) is 84.1 cm³/mol. The number of rotatable bonds is 3. The van der Waals surface area contributed by atoms with Crippen molar-refractivity contribution in [3.05, 3.63) is 28.8 Å². The van der Waals surface area contributed by atoms with Gasteiger partial charge < -0.3 is 0 Å². The highest BCUT2D eigenvalue weighted by molar-refractivity contribution is 7.89. The molecule has 2 aliphatic heterocycles. The SMILES string of the molecule is Cc1ccc(S(=O)(=O)N[C@H]2CCCN3CCC[C@@H]23)cc1Cl. The van der Waals surface area contributed by atoms with E-state index in [1.54, 1.807) is 12.1 Å². The highest BCUT2D eigenvalue weighted by atomic mass is 35.5. The first-order chi connectivity index (χ1) is 9.97. The Morgan fingerprint density at radius 3 is 2.67 bits per heavy atom. The van der Waals surface area contributed by atoms with E-state index in [1.807, 2.05) is 6.92 Å². The maximum atomic E-state index is 12.6. The number of benzene rings is 1. The van der Waals surface area contributed by atoms with E-state index in [4.69, 9.17) is 11.6 Å². The summed E-state index contributed by atoms with van der Waals surface area (Å²) in [6, 6.07) is 5.29. The van der Waals surface area contributed by atoms with Gasteiger partial charge in [0.15, 0.2) is 0 Å². The van der Waals surface area contributed by atoms with Crippen LogP contribution in [0.1, 0.15) is 31.2 Å². The molecule has 0 bridgehead atoms. The van der Waals surface area contributed by atoms with Crippen LogP contribution in [0.25, 0.3) is 0 Å². The first kappa shape index (κ1) is 15.3. The van der Waals surface area contributed by atoms with E-state index in [0.29, 0.717) is 11.1 Å². The summed E-state index contributed by atoms with van der Waals surface area (Å²) >= 11 is 6.05. The van der Waals surface area contributed by atoms with Crippen molar-refractivity contribution in [1.29, 1.82) is 0 Å². The summed E-state index contributed by atoms with van der Waals surface area (Å²) in [6.45, 7) is 4.06. The molecule has 2 saturated heterocycles. The van der Waals surface area contributed by atoms with Gasteiger partial charge in [0.1, 0.15) is 0 Å². The van der Waals surface area contributed by atoms with Crippen molar-refractivity contribution < 1.29 is 8.42 Å². The van der Waals surface area contributed by atoms with Crippen molar-refractivity contribution in [3.8, 4) is 0 Å². The van der Waals surface area contributed by atoms with Gasteiger partial charge in [0, 0.05) is 17.1 Å². The van der Waals surface area contributed by atoms with Crippen molar-refractivity contribution in [1.82, 2.24) is 9.62 Å². The second-order valence-corrected chi connectivity index (χ2v) is 8.15. The molecule has 0 unspecified atom stereocenters.